The van der Waals surface area contributed by atoms with Gasteiger partial charge in [-0.1, -0.05) is 39.8 Å². The standard InChI is InChI=1S/C15H25NO3/c1-6-9-15(4,5)10-16-14(19)11(7-2)13(18)12(17)8-3/h7-8,17-18H,2,6,9-10H2,1,3-5H3,(H,16,19)/b12-8+,13-11-. The molecule has 0 aromatic heterocycles. The van der Waals surface area contributed by atoms with E-state index in [1.807, 2.05) is 0 Å². The molecule has 0 heterocycles. The van der Waals surface area contributed by atoms with Gasteiger partial charge in [-0.3, -0.25) is 4.79 Å². The molecule has 0 saturated heterocycles. The van der Waals surface area contributed by atoms with Gasteiger partial charge < -0.3 is 15.5 Å². The molecule has 0 aliphatic rings. The van der Waals surface area contributed by atoms with Crippen molar-refractivity contribution < 1.29 is 15.0 Å². The van der Waals surface area contributed by atoms with Gasteiger partial charge in [-0.25, -0.2) is 0 Å². The molecule has 0 aromatic carbocycles. The molecule has 3 N–H and O–H groups in total. The number of amides is 1. The lowest BCUT2D eigenvalue weighted by Gasteiger charge is -2.24. The fourth-order valence-corrected chi connectivity index (χ4v) is 1.75. The van der Waals surface area contributed by atoms with Crippen LogP contribution in [0.3, 0.4) is 0 Å². The Morgan fingerprint density at radius 1 is 1.37 bits per heavy atom. The van der Waals surface area contributed by atoms with Gasteiger partial charge in [0.1, 0.15) is 0 Å². The molecule has 0 unspecified atom stereocenters. The number of carbonyl (C=O) groups excluding carboxylic acids is 1. The van der Waals surface area contributed by atoms with Gasteiger partial charge in [0.05, 0.1) is 5.57 Å². The van der Waals surface area contributed by atoms with Crippen LogP contribution in [0.25, 0.3) is 0 Å². The summed E-state index contributed by atoms with van der Waals surface area (Å²) < 4.78 is 0. The fraction of sp³-hybridized carbons (Fsp3) is 0.533. The molecular weight excluding hydrogens is 242 g/mol. The molecule has 1 amide bonds. The van der Waals surface area contributed by atoms with Crippen molar-refractivity contribution in [2.75, 3.05) is 6.54 Å². The molecule has 0 saturated carbocycles. The van der Waals surface area contributed by atoms with E-state index in [9.17, 15) is 15.0 Å². The summed E-state index contributed by atoms with van der Waals surface area (Å²) >= 11 is 0. The zero-order chi connectivity index (χ0) is 15.1. The SMILES string of the molecule is C=C/C(C(=O)NCC(C)(C)CCC)=C(O)\C(O)=C/C. The number of hydrogen-bond donors (Lipinski definition) is 3. The third-order valence-electron chi connectivity index (χ3n) is 2.87. The van der Waals surface area contributed by atoms with Crippen LogP contribution in [0.4, 0.5) is 0 Å². The van der Waals surface area contributed by atoms with Crippen LogP contribution >= 0.6 is 0 Å². The van der Waals surface area contributed by atoms with Crippen LogP contribution in [0, 0.1) is 5.41 Å². The summed E-state index contributed by atoms with van der Waals surface area (Å²) in [6.45, 7) is 11.8. The number of hydrogen-bond acceptors (Lipinski definition) is 3. The van der Waals surface area contributed by atoms with Gasteiger partial charge in [-0.15, -0.1) is 0 Å². The fourth-order valence-electron chi connectivity index (χ4n) is 1.75. The largest absolute Gasteiger partial charge is 0.504 e. The molecule has 0 rings (SSSR count). The average Bonchev–Trinajstić information content (AvgIpc) is 2.36. The van der Waals surface area contributed by atoms with Crippen LogP contribution in [0.5, 0.6) is 0 Å². The van der Waals surface area contributed by atoms with E-state index < -0.39 is 11.7 Å². The van der Waals surface area contributed by atoms with Crippen molar-refractivity contribution in [2.45, 2.75) is 40.5 Å². The van der Waals surface area contributed by atoms with Gasteiger partial charge in [-0.05, 0) is 24.8 Å². The van der Waals surface area contributed by atoms with Gasteiger partial charge >= 0.3 is 0 Å². The average molecular weight is 267 g/mol. The summed E-state index contributed by atoms with van der Waals surface area (Å²) in [7, 11) is 0. The second kappa shape index (κ2) is 7.67. The highest BCUT2D eigenvalue weighted by atomic mass is 16.3. The van der Waals surface area contributed by atoms with E-state index in [0.29, 0.717) is 6.54 Å². The maximum absolute atomic E-state index is 11.9. The topological polar surface area (TPSA) is 69.6 Å². The molecule has 0 aliphatic heterocycles. The van der Waals surface area contributed by atoms with E-state index in [2.05, 4.69) is 32.7 Å². The van der Waals surface area contributed by atoms with E-state index in [1.54, 1.807) is 6.92 Å². The maximum atomic E-state index is 11.9. The highest BCUT2D eigenvalue weighted by Gasteiger charge is 2.20. The second-order valence-electron chi connectivity index (χ2n) is 5.24. The van der Waals surface area contributed by atoms with Crippen LogP contribution in [0.15, 0.2) is 35.8 Å². The number of rotatable bonds is 7. The Labute approximate surface area is 115 Å². The molecule has 0 fully saturated rings. The van der Waals surface area contributed by atoms with Crippen molar-refractivity contribution in [3.8, 4) is 0 Å². The summed E-state index contributed by atoms with van der Waals surface area (Å²) in [6, 6.07) is 0. The molecule has 108 valence electrons. The zero-order valence-electron chi connectivity index (χ0n) is 12.3. The first-order chi connectivity index (χ1) is 8.79. The Morgan fingerprint density at radius 3 is 2.37 bits per heavy atom. The van der Waals surface area contributed by atoms with Crippen molar-refractivity contribution >= 4 is 5.91 Å². The molecule has 4 heteroatoms. The van der Waals surface area contributed by atoms with E-state index >= 15 is 0 Å². The van der Waals surface area contributed by atoms with E-state index in [0.717, 1.165) is 12.8 Å². The molecule has 19 heavy (non-hydrogen) atoms. The van der Waals surface area contributed by atoms with Crippen LogP contribution in [0.1, 0.15) is 40.5 Å². The highest BCUT2D eigenvalue weighted by molar-refractivity contribution is 5.97. The molecule has 0 aliphatic carbocycles. The minimum atomic E-state index is -0.455. The number of aliphatic hydroxyl groups is 2. The first kappa shape index (κ1) is 17.3. The zero-order valence-corrected chi connectivity index (χ0v) is 12.3. The lowest BCUT2D eigenvalue weighted by Crippen LogP contribution is -2.35. The molecule has 4 nitrogen and oxygen atoms in total. The van der Waals surface area contributed by atoms with Crippen LogP contribution in [0.2, 0.25) is 0 Å². The first-order valence-electron chi connectivity index (χ1n) is 6.48. The van der Waals surface area contributed by atoms with Crippen molar-refractivity contribution in [1.29, 1.82) is 0 Å². The molecule has 0 radical (unpaired) electrons. The van der Waals surface area contributed by atoms with Gasteiger partial charge in [-0.2, -0.15) is 0 Å². The monoisotopic (exact) mass is 267 g/mol. The lowest BCUT2D eigenvalue weighted by atomic mass is 9.88. The summed E-state index contributed by atoms with van der Waals surface area (Å²) in [6.07, 6.45) is 4.58. The Bertz CT molecular complexity index is 392. The van der Waals surface area contributed by atoms with Crippen LogP contribution in [-0.2, 0) is 4.79 Å². The Hall–Kier alpha value is -1.71. The number of aliphatic hydroxyl groups excluding tert-OH is 2. The first-order valence-corrected chi connectivity index (χ1v) is 6.48. The van der Waals surface area contributed by atoms with E-state index in [4.69, 9.17) is 0 Å². The Balaban J connectivity index is 4.86. The summed E-state index contributed by atoms with van der Waals surface area (Å²) in [5.41, 5.74) is -0.0301. The normalized spacial score (nSPS) is 13.8. The van der Waals surface area contributed by atoms with Crippen LogP contribution < -0.4 is 5.32 Å². The summed E-state index contributed by atoms with van der Waals surface area (Å²) in [5.74, 6) is -1.23. The van der Waals surface area contributed by atoms with E-state index in [-0.39, 0.29) is 16.7 Å². The third kappa shape index (κ3) is 5.64. The summed E-state index contributed by atoms with van der Waals surface area (Å²) in [4.78, 5) is 11.9. The maximum Gasteiger partial charge on any atom is 0.255 e. The Morgan fingerprint density at radius 2 is 1.95 bits per heavy atom. The van der Waals surface area contributed by atoms with Crippen molar-refractivity contribution in [3.05, 3.63) is 35.8 Å². The predicted octanol–water partition coefficient (Wildman–Crippen LogP) is 3.39. The second-order valence-corrected chi connectivity index (χ2v) is 5.24. The van der Waals surface area contributed by atoms with Crippen molar-refractivity contribution in [2.24, 2.45) is 5.41 Å². The van der Waals surface area contributed by atoms with E-state index in [1.165, 1.54) is 12.2 Å². The molecule has 0 atom stereocenters. The summed E-state index contributed by atoms with van der Waals surface area (Å²) in [5, 5.41) is 21.9. The smallest absolute Gasteiger partial charge is 0.255 e. The molecule has 0 spiro atoms. The number of nitrogens with one attached hydrogen (secondary N) is 1. The van der Waals surface area contributed by atoms with Gasteiger partial charge in [0.15, 0.2) is 11.5 Å². The van der Waals surface area contributed by atoms with Crippen molar-refractivity contribution in [1.82, 2.24) is 5.32 Å². The number of carbonyl (C=O) groups is 1. The predicted molar refractivity (Wildman–Crippen MR) is 77.9 cm³/mol. The minimum absolute atomic E-state index is 0.00501. The quantitative estimate of drug-likeness (QED) is 0.376. The molecule has 0 aromatic rings. The lowest BCUT2D eigenvalue weighted by molar-refractivity contribution is -0.117. The van der Waals surface area contributed by atoms with Crippen molar-refractivity contribution in [3.63, 3.8) is 0 Å². The third-order valence-corrected chi connectivity index (χ3v) is 2.87. The molecular formula is C15H25NO3. The Kier molecular flexibility index (Phi) is 6.98. The van der Waals surface area contributed by atoms with Crippen LogP contribution in [-0.4, -0.2) is 22.7 Å². The minimum Gasteiger partial charge on any atom is -0.504 e. The highest BCUT2D eigenvalue weighted by Crippen LogP contribution is 2.21. The van der Waals surface area contributed by atoms with Gasteiger partial charge in [0, 0.05) is 6.54 Å². The van der Waals surface area contributed by atoms with Gasteiger partial charge in [0.2, 0.25) is 0 Å². The molecule has 0 bridgehead atoms. The van der Waals surface area contributed by atoms with Gasteiger partial charge in [0.25, 0.3) is 5.91 Å². The number of allylic oxidation sites excluding steroid dienone is 1.